The molecule has 1 N–H and O–H groups in total. The predicted molar refractivity (Wildman–Crippen MR) is 42.8 cm³/mol. The van der Waals surface area contributed by atoms with Crippen molar-refractivity contribution >= 4 is 0 Å². The van der Waals surface area contributed by atoms with Gasteiger partial charge in [0.15, 0.2) is 0 Å². The highest BCUT2D eigenvalue weighted by Gasteiger charge is 2.21. The Hall–Kier alpha value is -0.0400. The zero-order valence-corrected chi connectivity index (χ0v) is 6.75. The first kappa shape index (κ1) is 5.59. The lowest BCUT2D eigenvalue weighted by Crippen LogP contribution is -2.21. The zero-order valence-electron chi connectivity index (χ0n) is 8.75. The minimum absolute atomic E-state index is 0.302. The first-order valence-electron chi connectivity index (χ1n) is 5.22. The van der Waals surface area contributed by atoms with Crippen LogP contribution in [0.25, 0.3) is 0 Å². The first-order valence-corrected chi connectivity index (χ1v) is 4.06. The van der Waals surface area contributed by atoms with E-state index in [0.29, 0.717) is 18.3 Å². The van der Waals surface area contributed by atoms with Gasteiger partial charge in [-0.05, 0) is 37.5 Å². The maximum atomic E-state index is 9.34. The van der Waals surface area contributed by atoms with E-state index in [2.05, 4.69) is 13.8 Å². The van der Waals surface area contributed by atoms with Gasteiger partial charge in [0.1, 0.15) is 0 Å². The summed E-state index contributed by atoms with van der Waals surface area (Å²) in [6.07, 6.45) is 0.0526. The molecule has 10 heavy (non-hydrogen) atoms. The molecule has 0 aromatic heterocycles. The summed E-state index contributed by atoms with van der Waals surface area (Å²) in [4.78, 5) is 0. The maximum absolute atomic E-state index is 9.34. The Kier molecular flexibility index (Phi) is 1.89. The van der Waals surface area contributed by atoms with E-state index in [0.717, 1.165) is 6.42 Å². The highest BCUT2D eigenvalue weighted by atomic mass is 16.3. The molecule has 0 aliphatic heterocycles. The molecule has 0 spiro atoms. The molecule has 4 atom stereocenters. The molecule has 0 amide bonds. The fourth-order valence-electron chi connectivity index (χ4n) is 1.38. The minimum atomic E-state index is -0.592. The molecule has 0 saturated heterocycles. The van der Waals surface area contributed by atoms with E-state index >= 15 is 0 Å². The third-order valence-corrected chi connectivity index (χ3v) is 2.23. The standard InChI is InChI=1S/C9H18O/c1-7(2)8-3-5-9(10)6-4-8/h7-10H,3-6H2,1-2H3/t8-,9-/i3D,5D/t3-,5+,8+,9+/m0/s1. The smallest absolute Gasteiger partial charge is 0.0540 e. The first-order chi connectivity index (χ1) is 5.54. The van der Waals surface area contributed by atoms with Crippen molar-refractivity contribution in [2.24, 2.45) is 11.8 Å². The SMILES string of the molecule is [2H][C@@H]1[C@H]([2H])[C@@H](C(C)C)CC[C@@H]1O. The minimum Gasteiger partial charge on any atom is -0.393 e. The molecular formula is C9H18O. The van der Waals surface area contributed by atoms with Gasteiger partial charge >= 0.3 is 0 Å². The van der Waals surface area contributed by atoms with Crippen LogP contribution < -0.4 is 0 Å². The summed E-state index contributed by atoms with van der Waals surface area (Å²) in [5.74, 6) is 0.767. The Balaban J connectivity index is 2.58. The normalized spacial score (nSPS) is 52.4. The highest BCUT2D eigenvalue weighted by Crippen LogP contribution is 2.29. The Morgan fingerprint density at radius 1 is 1.40 bits per heavy atom. The third kappa shape index (κ3) is 1.98. The van der Waals surface area contributed by atoms with Crippen molar-refractivity contribution in [3.05, 3.63) is 0 Å². The van der Waals surface area contributed by atoms with Crippen LogP contribution in [0.5, 0.6) is 0 Å². The van der Waals surface area contributed by atoms with Gasteiger partial charge in [0.05, 0.1) is 6.10 Å². The molecule has 1 aliphatic carbocycles. The Bertz CT molecular complexity index is 149. The van der Waals surface area contributed by atoms with Crippen LogP contribution in [0, 0.1) is 11.8 Å². The summed E-state index contributed by atoms with van der Waals surface area (Å²) in [6.45, 7) is 4.19. The fraction of sp³-hybridized carbons (Fsp3) is 1.00. The van der Waals surface area contributed by atoms with Crippen LogP contribution in [0.3, 0.4) is 0 Å². The molecule has 1 heteroatoms. The van der Waals surface area contributed by atoms with Gasteiger partial charge in [0, 0.05) is 2.74 Å². The number of aliphatic hydroxyl groups is 1. The Labute approximate surface area is 66.3 Å². The van der Waals surface area contributed by atoms with Gasteiger partial charge in [-0.15, -0.1) is 0 Å². The molecule has 1 nitrogen and oxygen atoms in total. The topological polar surface area (TPSA) is 20.2 Å². The lowest BCUT2D eigenvalue weighted by Gasteiger charge is -2.27. The van der Waals surface area contributed by atoms with Gasteiger partial charge < -0.3 is 5.11 Å². The maximum Gasteiger partial charge on any atom is 0.0540 e. The number of hydrogen-bond acceptors (Lipinski definition) is 1. The van der Waals surface area contributed by atoms with Crippen LogP contribution >= 0.6 is 0 Å². The summed E-state index contributed by atoms with van der Waals surface area (Å²) in [7, 11) is 0. The number of rotatable bonds is 1. The zero-order chi connectivity index (χ0) is 9.30. The molecule has 0 heterocycles. The Morgan fingerprint density at radius 2 is 2.10 bits per heavy atom. The van der Waals surface area contributed by atoms with E-state index in [1.54, 1.807) is 0 Å². The van der Waals surface area contributed by atoms with Crippen molar-refractivity contribution in [3.8, 4) is 0 Å². The van der Waals surface area contributed by atoms with Gasteiger partial charge in [0.25, 0.3) is 0 Å². The third-order valence-electron chi connectivity index (χ3n) is 2.23. The second kappa shape index (κ2) is 3.38. The average molecular weight is 144 g/mol. The van der Waals surface area contributed by atoms with Crippen molar-refractivity contribution in [3.63, 3.8) is 0 Å². The van der Waals surface area contributed by atoms with E-state index < -0.39 is 18.9 Å². The fourth-order valence-corrected chi connectivity index (χ4v) is 1.38. The summed E-state index contributed by atoms with van der Waals surface area (Å²) in [5, 5.41) is 9.34. The molecule has 60 valence electrons. The number of hydrogen-bond donors (Lipinski definition) is 1. The van der Waals surface area contributed by atoms with Crippen LogP contribution in [0.15, 0.2) is 0 Å². The molecule has 0 aromatic rings. The predicted octanol–water partition coefficient (Wildman–Crippen LogP) is 2.19. The van der Waals surface area contributed by atoms with Crippen molar-refractivity contribution < 1.29 is 7.85 Å². The largest absolute Gasteiger partial charge is 0.393 e. The van der Waals surface area contributed by atoms with Gasteiger partial charge in [-0.25, -0.2) is 0 Å². The number of aliphatic hydroxyl groups excluding tert-OH is 1. The van der Waals surface area contributed by atoms with Crippen LogP contribution in [-0.2, 0) is 0 Å². The molecule has 0 aromatic carbocycles. The van der Waals surface area contributed by atoms with Gasteiger partial charge in [-0.2, -0.15) is 0 Å². The average Bonchev–Trinajstić information content (AvgIpc) is 2.00. The van der Waals surface area contributed by atoms with E-state index in [-0.39, 0.29) is 0 Å². The van der Waals surface area contributed by atoms with Crippen molar-refractivity contribution in [2.75, 3.05) is 0 Å². The van der Waals surface area contributed by atoms with Crippen LogP contribution in [0.2, 0.25) is 0 Å². The van der Waals surface area contributed by atoms with Crippen LogP contribution in [0.4, 0.5) is 0 Å². The van der Waals surface area contributed by atoms with Crippen LogP contribution in [-0.4, -0.2) is 11.2 Å². The lowest BCUT2D eigenvalue weighted by atomic mass is 9.81. The Morgan fingerprint density at radius 3 is 2.70 bits per heavy atom. The molecule has 0 bridgehead atoms. The summed E-state index contributed by atoms with van der Waals surface area (Å²) in [5.41, 5.74) is 0. The van der Waals surface area contributed by atoms with Crippen LogP contribution in [0.1, 0.15) is 42.2 Å². The van der Waals surface area contributed by atoms with E-state index in [1.807, 2.05) is 0 Å². The molecule has 0 radical (unpaired) electrons. The van der Waals surface area contributed by atoms with E-state index in [9.17, 15) is 5.11 Å². The molecule has 1 fully saturated rings. The molecule has 1 rings (SSSR count). The lowest BCUT2D eigenvalue weighted by molar-refractivity contribution is 0.0963. The monoisotopic (exact) mass is 144 g/mol. The van der Waals surface area contributed by atoms with Crippen molar-refractivity contribution in [1.82, 2.24) is 0 Å². The second-order valence-corrected chi connectivity index (χ2v) is 3.44. The molecule has 0 unspecified atom stereocenters. The molecular weight excluding hydrogens is 124 g/mol. The van der Waals surface area contributed by atoms with E-state index in [4.69, 9.17) is 2.74 Å². The van der Waals surface area contributed by atoms with Gasteiger partial charge in [0.2, 0.25) is 0 Å². The quantitative estimate of drug-likeness (QED) is 0.598. The summed E-state index contributed by atoms with van der Waals surface area (Å²) >= 11 is 0. The van der Waals surface area contributed by atoms with Gasteiger partial charge in [-0.3, -0.25) is 0 Å². The summed E-state index contributed by atoms with van der Waals surface area (Å²) in [6, 6.07) is 0. The van der Waals surface area contributed by atoms with E-state index in [1.165, 1.54) is 0 Å². The van der Waals surface area contributed by atoms with Gasteiger partial charge in [-0.1, -0.05) is 13.8 Å². The van der Waals surface area contributed by atoms with Crippen molar-refractivity contribution in [1.29, 1.82) is 0 Å². The van der Waals surface area contributed by atoms with Crippen molar-refractivity contribution in [2.45, 2.75) is 45.6 Å². The highest BCUT2D eigenvalue weighted by molar-refractivity contribution is 4.73. The molecule has 1 aliphatic rings. The second-order valence-electron chi connectivity index (χ2n) is 3.44. The molecule has 1 saturated carbocycles. The summed E-state index contributed by atoms with van der Waals surface area (Å²) < 4.78 is 15.3.